The first-order chi connectivity index (χ1) is 26.3. The van der Waals surface area contributed by atoms with E-state index in [9.17, 15) is 0 Å². The molecule has 250 valence electrons. The molecule has 6 nitrogen and oxygen atoms in total. The molecule has 4 aromatic heterocycles. The van der Waals surface area contributed by atoms with Crippen LogP contribution >= 0.6 is 0 Å². The van der Waals surface area contributed by atoms with Gasteiger partial charge >= 0.3 is 0 Å². The smallest absolute Gasteiger partial charge is 0.145 e. The van der Waals surface area contributed by atoms with Gasteiger partial charge in [-0.05, 0) is 65.7 Å². The number of hydrogen-bond donors (Lipinski definition) is 0. The van der Waals surface area contributed by atoms with E-state index in [4.69, 9.17) is 4.98 Å². The van der Waals surface area contributed by atoms with E-state index in [1.54, 1.807) is 0 Å². The summed E-state index contributed by atoms with van der Waals surface area (Å²) in [5, 5.41) is 2.33. The van der Waals surface area contributed by atoms with Crippen LogP contribution in [0.3, 0.4) is 0 Å². The van der Waals surface area contributed by atoms with Gasteiger partial charge in [0.2, 0.25) is 0 Å². The van der Waals surface area contributed by atoms with Gasteiger partial charge in [-0.25, -0.2) is 4.98 Å². The van der Waals surface area contributed by atoms with Crippen LogP contribution < -0.4 is 4.90 Å². The number of aromatic nitrogens is 5. The summed E-state index contributed by atoms with van der Waals surface area (Å²) in [5.41, 5.74) is 13.5. The van der Waals surface area contributed by atoms with Crippen molar-refractivity contribution in [2.45, 2.75) is 12.0 Å². The van der Waals surface area contributed by atoms with Gasteiger partial charge in [0.15, 0.2) is 0 Å². The van der Waals surface area contributed by atoms with Gasteiger partial charge in [-0.1, -0.05) is 103 Å². The predicted octanol–water partition coefficient (Wildman–Crippen LogP) is 11.0. The molecule has 0 N–H and O–H groups in total. The van der Waals surface area contributed by atoms with Crippen LogP contribution in [-0.2, 0) is 0 Å². The zero-order valence-electron chi connectivity index (χ0n) is 28.7. The van der Waals surface area contributed by atoms with Gasteiger partial charge in [0.25, 0.3) is 0 Å². The summed E-state index contributed by atoms with van der Waals surface area (Å²) < 4.78 is 4.81. The van der Waals surface area contributed by atoms with Crippen LogP contribution in [0.2, 0.25) is 0 Å². The van der Waals surface area contributed by atoms with Gasteiger partial charge in [-0.15, -0.1) is 0 Å². The van der Waals surface area contributed by atoms with E-state index in [0.717, 1.165) is 56.1 Å². The van der Waals surface area contributed by atoms with E-state index < -0.39 is 0 Å². The van der Waals surface area contributed by atoms with Gasteiger partial charge in [0, 0.05) is 64.0 Å². The third-order valence-corrected chi connectivity index (χ3v) is 10.8. The largest absolute Gasteiger partial charge is 0.331 e. The normalized spacial score (nSPS) is 16.1. The Kier molecular flexibility index (Phi) is 6.58. The van der Waals surface area contributed by atoms with E-state index >= 15 is 0 Å². The van der Waals surface area contributed by atoms with E-state index in [1.807, 2.05) is 24.8 Å². The number of para-hydroxylation sites is 2. The van der Waals surface area contributed by atoms with Crippen molar-refractivity contribution in [3.63, 3.8) is 0 Å². The average molecular weight is 681 g/mol. The zero-order valence-corrected chi connectivity index (χ0v) is 28.7. The number of hydrogen-bond acceptors (Lipinski definition) is 4. The molecule has 0 saturated heterocycles. The Balaban J connectivity index is 1.34. The van der Waals surface area contributed by atoms with Crippen molar-refractivity contribution in [2.24, 2.45) is 0 Å². The second kappa shape index (κ2) is 11.8. The third kappa shape index (κ3) is 4.42. The van der Waals surface area contributed by atoms with Crippen LogP contribution in [0.5, 0.6) is 0 Å². The summed E-state index contributed by atoms with van der Waals surface area (Å²) in [4.78, 5) is 17.0. The van der Waals surface area contributed by atoms with Crippen molar-refractivity contribution < 1.29 is 0 Å². The summed E-state index contributed by atoms with van der Waals surface area (Å²) in [5.74, 6) is 0.952. The Morgan fingerprint density at radius 2 is 1.13 bits per heavy atom. The minimum absolute atomic E-state index is 0.0544. The molecule has 0 spiro atoms. The minimum atomic E-state index is 0.0544. The number of anilines is 2. The molecule has 9 aromatic rings. The highest BCUT2D eigenvalue weighted by Gasteiger charge is 2.43. The lowest BCUT2D eigenvalue weighted by molar-refractivity contribution is 0.746. The highest BCUT2D eigenvalue weighted by Crippen LogP contribution is 2.56. The maximum atomic E-state index is 5.66. The summed E-state index contributed by atoms with van der Waals surface area (Å²) in [6.45, 7) is 0. The van der Waals surface area contributed by atoms with Gasteiger partial charge < -0.3 is 9.47 Å². The molecule has 1 aliphatic heterocycles. The summed E-state index contributed by atoms with van der Waals surface area (Å²) in [6, 6.07) is 47.5. The number of fused-ring (bicyclic) bond motifs is 10. The highest BCUT2D eigenvalue weighted by molar-refractivity contribution is 6.25. The Hall–Kier alpha value is -7.05. The summed E-state index contributed by atoms with van der Waals surface area (Å²) >= 11 is 0. The number of benzene rings is 5. The summed E-state index contributed by atoms with van der Waals surface area (Å²) in [6.07, 6.45) is 16.6. The van der Waals surface area contributed by atoms with Crippen molar-refractivity contribution in [1.82, 2.24) is 24.1 Å². The van der Waals surface area contributed by atoms with Crippen molar-refractivity contribution in [1.29, 1.82) is 0 Å². The Morgan fingerprint density at radius 1 is 0.491 bits per heavy atom. The number of imidazole rings is 1. The highest BCUT2D eigenvalue weighted by atomic mass is 15.2. The molecule has 0 bridgehead atoms. The maximum absolute atomic E-state index is 5.66. The third-order valence-electron chi connectivity index (χ3n) is 10.8. The fourth-order valence-corrected chi connectivity index (χ4v) is 8.64. The van der Waals surface area contributed by atoms with E-state index in [1.165, 1.54) is 27.6 Å². The lowest BCUT2D eigenvalue weighted by Crippen LogP contribution is -2.28. The van der Waals surface area contributed by atoms with Gasteiger partial charge in [0.05, 0.1) is 34.0 Å². The number of nitrogens with zero attached hydrogens (tertiary/aromatic N) is 6. The Labute approximate surface area is 306 Å². The molecule has 0 saturated carbocycles. The molecule has 53 heavy (non-hydrogen) atoms. The second-order valence-electron chi connectivity index (χ2n) is 13.7. The number of allylic oxidation sites excluding steroid dienone is 2. The van der Waals surface area contributed by atoms with E-state index in [-0.39, 0.29) is 12.0 Å². The fraction of sp³-hybridized carbons (Fsp3) is 0.0426. The van der Waals surface area contributed by atoms with Crippen LogP contribution in [0.25, 0.3) is 66.7 Å². The van der Waals surface area contributed by atoms with Crippen LogP contribution in [0.1, 0.15) is 11.5 Å². The fourth-order valence-electron chi connectivity index (χ4n) is 8.64. The van der Waals surface area contributed by atoms with E-state index in [2.05, 4.69) is 182 Å². The number of pyridine rings is 2. The van der Waals surface area contributed by atoms with Crippen LogP contribution in [0.15, 0.2) is 183 Å². The van der Waals surface area contributed by atoms with Crippen molar-refractivity contribution in [3.05, 3.63) is 188 Å². The molecular formula is C47H32N6. The molecule has 1 aliphatic carbocycles. The first-order valence-electron chi connectivity index (χ1n) is 18.0. The first kappa shape index (κ1) is 29.7. The summed E-state index contributed by atoms with van der Waals surface area (Å²) in [7, 11) is 0. The first-order valence-corrected chi connectivity index (χ1v) is 18.0. The Morgan fingerprint density at radius 3 is 1.91 bits per heavy atom. The second-order valence-corrected chi connectivity index (χ2v) is 13.7. The molecule has 0 radical (unpaired) electrons. The molecule has 2 atom stereocenters. The van der Waals surface area contributed by atoms with Crippen LogP contribution in [0.4, 0.5) is 11.4 Å². The molecule has 0 fully saturated rings. The molecule has 5 heterocycles. The molecule has 11 rings (SSSR count). The van der Waals surface area contributed by atoms with E-state index in [0.29, 0.717) is 0 Å². The molecular weight excluding hydrogens is 649 g/mol. The van der Waals surface area contributed by atoms with Crippen LogP contribution in [-0.4, -0.2) is 30.1 Å². The maximum Gasteiger partial charge on any atom is 0.145 e. The minimum Gasteiger partial charge on any atom is -0.331 e. The monoisotopic (exact) mass is 680 g/mol. The molecule has 5 aromatic carbocycles. The predicted molar refractivity (Wildman–Crippen MR) is 215 cm³/mol. The van der Waals surface area contributed by atoms with Crippen LogP contribution in [0, 0.1) is 0 Å². The van der Waals surface area contributed by atoms with Crippen molar-refractivity contribution in [3.8, 4) is 33.9 Å². The van der Waals surface area contributed by atoms with Gasteiger partial charge in [-0.2, -0.15) is 0 Å². The SMILES string of the molecule is C1=CC2c3c(c4c(nc(-c5ccncc5)n4-c4ccncc4)c4c5ccccc5n(-c5ccccc5)c34)N(c3ccc(-c4ccccc4)cc3)C2C=C1. The number of rotatable bonds is 5. The van der Waals surface area contributed by atoms with Crippen molar-refractivity contribution >= 4 is 44.2 Å². The Bertz CT molecular complexity index is 2870. The molecule has 2 aliphatic rings. The lowest BCUT2D eigenvalue weighted by atomic mass is 9.89. The zero-order chi connectivity index (χ0) is 34.9. The quantitative estimate of drug-likeness (QED) is 0.182. The topological polar surface area (TPSA) is 51.8 Å². The lowest BCUT2D eigenvalue weighted by Gasteiger charge is -2.29. The molecule has 6 heteroatoms. The van der Waals surface area contributed by atoms with Crippen molar-refractivity contribution in [2.75, 3.05) is 4.90 Å². The molecule has 0 amide bonds. The standard InChI is InChI=1S/C47H32N6/c1-3-11-31(12-4-1)32-19-21-35(22-20-32)52-40-18-10-8-16-38(40)42-44-41(37-15-7-9-17-39(37)51(44)34-13-5-2-6-14-34)43-46(45(42)52)53(36-25-29-49-30-26-36)47(50-43)33-23-27-48-28-24-33/h1-30,38,40H. The van der Waals surface area contributed by atoms with Gasteiger partial charge in [0.1, 0.15) is 11.3 Å². The average Bonchev–Trinajstić information content (AvgIpc) is 3.91. The van der Waals surface area contributed by atoms with Gasteiger partial charge in [-0.3, -0.25) is 14.5 Å². The molecule has 2 unspecified atom stereocenters.